The van der Waals surface area contributed by atoms with Crippen molar-refractivity contribution < 1.29 is 27.4 Å². The van der Waals surface area contributed by atoms with E-state index in [0.717, 1.165) is 30.3 Å². The molecule has 0 saturated heterocycles. The first-order valence-corrected chi connectivity index (χ1v) is 13.8. The number of alkyl halides is 3. The van der Waals surface area contributed by atoms with Crippen molar-refractivity contribution in [2.45, 2.75) is 57.9 Å². The predicted molar refractivity (Wildman–Crippen MR) is 155 cm³/mol. The Kier molecular flexibility index (Phi) is 8.35. The summed E-state index contributed by atoms with van der Waals surface area (Å²) >= 11 is 0. The minimum atomic E-state index is -4.55. The van der Waals surface area contributed by atoms with Crippen molar-refractivity contribution in [2.75, 3.05) is 12.4 Å². The number of carbonyl (C=O) groups excluding carboxylic acids is 1. The van der Waals surface area contributed by atoms with E-state index >= 15 is 0 Å². The van der Waals surface area contributed by atoms with Crippen molar-refractivity contribution in [2.24, 2.45) is 7.05 Å². The third-order valence-electron chi connectivity index (χ3n) is 6.53. The second-order valence-electron chi connectivity index (χ2n) is 11.2. The van der Waals surface area contributed by atoms with E-state index in [2.05, 4.69) is 30.2 Å². The minimum Gasteiger partial charge on any atom is -0.480 e. The number of halogens is 3. The van der Waals surface area contributed by atoms with Gasteiger partial charge in [-0.05, 0) is 51.3 Å². The van der Waals surface area contributed by atoms with E-state index in [1.54, 1.807) is 51.4 Å². The summed E-state index contributed by atoms with van der Waals surface area (Å²) in [5, 5.41) is 3.26. The van der Waals surface area contributed by atoms with Crippen LogP contribution in [0.5, 0.6) is 5.88 Å². The van der Waals surface area contributed by atoms with E-state index in [9.17, 15) is 18.0 Å². The average molecular weight is 609 g/mol. The molecule has 4 aromatic rings. The van der Waals surface area contributed by atoms with E-state index in [0.29, 0.717) is 34.3 Å². The van der Waals surface area contributed by atoms with Crippen LogP contribution >= 0.6 is 0 Å². The third-order valence-corrected chi connectivity index (χ3v) is 6.53. The molecule has 0 unspecified atom stereocenters. The van der Waals surface area contributed by atoms with Crippen LogP contribution in [0.4, 0.5) is 19.0 Å². The van der Waals surface area contributed by atoms with Gasteiger partial charge in [-0.1, -0.05) is 6.07 Å². The fourth-order valence-corrected chi connectivity index (χ4v) is 4.37. The van der Waals surface area contributed by atoms with E-state index < -0.39 is 23.4 Å². The standard InChI is InChI=1S/C30H31F3N8O3/c1-29(2,3)44-22(42)11-9-19-14-36-26(23-24(18-7-8-18)37-16-38-28(23)43-5)40-25(19)35-13-17-6-10-20(34-12-17)27-39-21(15-41(27)4)30(31,32)33/h6,9-12,14-16,18H,7-8,13H2,1-5H3,(H,35,36,40)/b11-9+. The molecule has 1 fully saturated rings. The highest BCUT2D eigenvalue weighted by molar-refractivity contribution is 5.88. The first-order valence-electron chi connectivity index (χ1n) is 13.8. The summed E-state index contributed by atoms with van der Waals surface area (Å²) in [6, 6.07) is 3.33. The number of imidazole rings is 1. The lowest BCUT2D eigenvalue weighted by Crippen LogP contribution is -2.22. The highest BCUT2D eigenvalue weighted by atomic mass is 19.4. The summed E-state index contributed by atoms with van der Waals surface area (Å²) in [7, 11) is 3.00. The lowest BCUT2D eigenvalue weighted by Gasteiger charge is -2.18. The maximum atomic E-state index is 13.1. The molecule has 4 heterocycles. The Balaban J connectivity index is 1.43. The smallest absolute Gasteiger partial charge is 0.434 e. The largest absolute Gasteiger partial charge is 0.480 e. The third kappa shape index (κ3) is 7.18. The van der Waals surface area contributed by atoms with Crippen molar-refractivity contribution in [1.82, 2.24) is 34.5 Å². The van der Waals surface area contributed by atoms with Gasteiger partial charge in [0, 0.05) is 49.7 Å². The predicted octanol–water partition coefficient (Wildman–Crippen LogP) is 5.60. The van der Waals surface area contributed by atoms with Gasteiger partial charge in [0.05, 0.1) is 12.8 Å². The minimum absolute atomic E-state index is 0.0948. The number of aromatic nitrogens is 7. The zero-order chi connectivity index (χ0) is 31.6. The van der Waals surface area contributed by atoms with Crippen molar-refractivity contribution in [3.8, 4) is 28.8 Å². The summed E-state index contributed by atoms with van der Waals surface area (Å²) in [6.45, 7) is 5.58. The number of pyridine rings is 1. The van der Waals surface area contributed by atoms with Gasteiger partial charge in [0.2, 0.25) is 5.88 Å². The zero-order valence-corrected chi connectivity index (χ0v) is 24.8. The van der Waals surface area contributed by atoms with Crippen LogP contribution in [0.2, 0.25) is 0 Å². The molecular weight excluding hydrogens is 577 g/mol. The topological polar surface area (TPSA) is 130 Å². The number of methoxy groups -OCH3 is 1. The number of aryl methyl sites for hydroxylation is 1. The highest BCUT2D eigenvalue weighted by Gasteiger charge is 2.35. The summed E-state index contributed by atoms with van der Waals surface area (Å²) in [4.78, 5) is 38.4. The number of carbonyl (C=O) groups is 1. The van der Waals surface area contributed by atoms with Crippen LogP contribution in [0.15, 0.2) is 43.1 Å². The molecule has 0 aliphatic heterocycles. The van der Waals surface area contributed by atoms with Crippen molar-refractivity contribution in [3.05, 3.63) is 65.6 Å². The van der Waals surface area contributed by atoms with Gasteiger partial charge in [0.1, 0.15) is 29.0 Å². The molecule has 14 heteroatoms. The molecule has 1 saturated carbocycles. The molecule has 0 atom stereocenters. The molecule has 4 aromatic heterocycles. The second kappa shape index (κ2) is 12.0. The second-order valence-corrected chi connectivity index (χ2v) is 11.2. The first kappa shape index (κ1) is 30.6. The Morgan fingerprint density at radius 2 is 1.86 bits per heavy atom. The number of hydrogen-bond donors (Lipinski definition) is 1. The van der Waals surface area contributed by atoms with Crippen LogP contribution in [-0.4, -0.2) is 53.2 Å². The Morgan fingerprint density at radius 1 is 1.09 bits per heavy atom. The number of nitrogens with zero attached hydrogens (tertiary/aromatic N) is 7. The summed E-state index contributed by atoms with van der Waals surface area (Å²) in [6.07, 6.45) is 5.79. The average Bonchev–Trinajstić information content (AvgIpc) is 3.74. The molecule has 1 aliphatic carbocycles. The van der Waals surface area contributed by atoms with Gasteiger partial charge in [-0.15, -0.1) is 0 Å². The SMILES string of the molecule is COc1ncnc(C2CC2)c1-c1ncc(/C=C/C(=O)OC(C)(C)C)c(NCc2ccc(-c3nc(C(F)(F)F)cn3C)nc2)n1. The lowest BCUT2D eigenvalue weighted by atomic mass is 10.1. The molecule has 1 N–H and O–H groups in total. The molecule has 0 aromatic carbocycles. The molecule has 0 spiro atoms. The fourth-order valence-electron chi connectivity index (χ4n) is 4.37. The van der Waals surface area contributed by atoms with Crippen LogP contribution in [0.1, 0.15) is 62.0 Å². The van der Waals surface area contributed by atoms with Gasteiger partial charge in [-0.2, -0.15) is 13.2 Å². The van der Waals surface area contributed by atoms with E-state index in [1.807, 2.05) is 0 Å². The number of esters is 1. The van der Waals surface area contributed by atoms with Crippen LogP contribution in [0, 0.1) is 0 Å². The molecule has 5 rings (SSSR count). The van der Waals surface area contributed by atoms with E-state index in [-0.39, 0.29) is 18.3 Å². The molecular formula is C30H31F3N8O3. The fraction of sp³-hybridized carbons (Fsp3) is 0.367. The normalized spacial score (nSPS) is 13.7. The summed E-state index contributed by atoms with van der Waals surface area (Å²) < 4.78 is 51.5. The summed E-state index contributed by atoms with van der Waals surface area (Å²) in [5.74, 6) is 0.953. The zero-order valence-electron chi connectivity index (χ0n) is 24.8. The van der Waals surface area contributed by atoms with Gasteiger partial charge < -0.3 is 19.4 Å². The van der Waals surface area contributed by atoms with Crippen molar-refractivity contribution in [3.63, 3.8) is 0 Å². The first-order chi connectivity index (χ1) is 20.8. The monoisotopic (exact) mass is 608 g/mol. The number of hydrogen-bond acceptors (Lipinski definition) is 10. The van der Waals surface area contributed by atoms with Crippen molar-refractivity contribution >= 4 is 17.9 Å². The maximum Gasteiger partial charge on any atom is 0.434 e. The van der Waals surface area contributed by atoms with Gasteiger partial charge in [-0.3, -0.25) is 4.98 Å². The van der Waals surface area contributed by atoms with Crippen LogP contribution < -0.4 is 10.1 Å². The Morgan fingerprint density at radius 3 is 2.48 bits per heavy atom. The molecule has 1 aliphatic rings. The number of nitrogens with one attached hydrogen (secondary N) is 1. The molecule has 44 heavy (non-hydrogen) atoms. The molecule has 0 radical (unpaired) electrons. The number of ether oxygens (including phenoxy) is 2. The number of rotatable bonds is 9. The lowest BCUT2D eigenvalue weighted by molar-refractivity contribution is -0.148. The van der Waals surface area contributed by atoms with Gasteiger partial charge in [-0.25, -0.2) is 29.7 Å². The van der Waals surface area contributed by atoms with E-state index in [1.165, 1.54) is 31.1 Å². The molecule has 11 nitrogen and oxygen atoms in total. The maximum absolute atomic E-state index is 13.1. The Hall–Kier alpha value is -4.88. The summed E-state index contributed by atoms with van der Waals surface area (Å²) in [5.41, 5.74) is 1.29. The van der Waals surface area contributed by atoms with E-state index in [4.69, 9.17) is 14.5 Å². The van der Waals surface area contributed by atoms with Gasteiger partial charge >= 0.3 is 12.1 Å². The highest BCUT2D eigenvalue weighted by Crippen LogP contribution is 2.45. The Bertz CT molecular complexity index is 1690. The number of anilines is 1. The van der Waals surface area contributed by atoms with Gasteiger partial charge in [0.15, 0.2) is 17.3 Å². The van der Waals surface area contributed by atoms with Crippen molar-refractivity contribution in [1.29, 1.82) is 0 Å². The van der Waals surface area contributed by atoms with Crippen LogP contribution in [-0.2, 0) is 29.3 Å². The molecule has 230 valence electrons. The molecule has 0 amide bonds. The molecule has 0 bridgehead atoms. The van der Waals surface area contributed by atoms with Crippen LogP contribution in [0.3, 0.4) is 0 Å². The van der Waals surface area contributed by atoms with Crippen LogP contribution in [0.25, 0.3) is 29.0 Å². The Labute approximate surface area is 251 Å². The quantitative estimate of drug-likeness (QED) is 0.189. The van der Waals surface area contributed by atoms with Gasteiger partial charge in [0.25, 0.3) is 0 Å².